The van der Waals surface area contributed by atoms with Gasteiger partial charge in [-0.1, -0.05) is 36.4 Å². The highest BCUT2D eigenvalue weighted by Crippen LogP contribution is 2.39. The van der Waals surface area contributed by atoms with Gasteiger partial charge in [0.15, 0.2) is 0 Å². The molecule has 0 fully saturated rings. The maximum absolute atomic E-state index is 11.9. The lowest BCUT2D eigenvalue weighted by Gasteiger charge is -2.12. The molecule has 2 aromatic rings. The SMILES string of the molecule is COc1cccc2c1NC(=O)Cc1ccccc1-2. The quantitative estimate of drug-likeness (QED) is 0.831. The van der Waals surface area contributed by atoms with Gasteiger partial charge in [0.2, 0.25) is 5.91 Å². The van der Waals surface area contributed by atoms with E-state index in [9.17, 15) is 4.79 Å². The molecule has 3 heteroatoms. The number of hydrogen-bond donors (Lipinski definition) is 1. The Balaban J connectivity index is 2.30. The molecule has 1 heterocycles. The third-order valence-corrected chi connectivity index (χ3v) is 3.17. The van der Waals surface area contributed by atoms with Crippen LogP contribution in [0, 0.1) is 0 Å². The van der Waals surface area contributed by atoms with E-state index in [0.717, 1.165) is 22.4 Å². The number of hydrogen-bond acceptors (Lipinski definition) is 2. The lowest BCUT2D eigenvalue weighted by atomic mass is 9.98. The van der Waals surface area contributed by atoms with Crippen LogP contribution in [0.5, 0.6) is 5.75 Å². The lowest BCUT2D eigenvalue weighted by molar-refractivity contribution is -0.115. The molecule has 2 aromatic carbocycles. The first-order valence-corrected chi connectivity index (χ1v) is 5.84. The van der Waals surface area contributed by atoms with Crippen LogP contribution in [0.3, 0.4) is 0 Å². The van der Waals surface area contributed by atoms with Crippen molar-refractivity contribution < 1.29 is 9.53 Å². The van der Waals surface area contributed by atoms with E-state index in [2.05, 4.69) is 5.32 Å². The zero-order valence-electron chi connectivity index (χ0n) is 10.1. The Morgan fingerprint density at radius 1 is 1.06 bits per heavy atom. The highest BCUT2D eigenvalue weighted by molar-refractivity contribution is 6.02. The van der Waals surface area contributed by atoms with E-state index >= 15 is 0 Å². The van der Waals surface area contributed by atoms with E-state index in [4.69, 9.17) is 4.74 Å². The molecule has 1 aliphatic heterocycles. The number of anilines is 1. The molecule has 0 aliphatic carbocycles. The van der Waals surface area contributed by atoms with Crippen molar-refractivity contribution in [2.45, 2.75) is 6.42 Å². The van der Waals surface area contributed by atoms with Gasteiger partial charge in [-0.15, -0.1) is 0 Å². The fourth-order valence-corrected chi connectivity index (χ4v) is 2.35. The van der Waals surface area contributed by atoms with Gasteiger partial charge in [-0.2, -0.15) is 0 Å². The second kappa shape index (κ2) is 4.18. The van der Waals surface area contributed by atoms with E-state index in [0.29, 0.717) is 12.2 Å². The smallest absolute Gasteiger partial charge is 0.228 e. The summed E-state index contributed by atoms with van der Waals surface area (Å²) in [5.74, 6) is 0.684. The Hall–Kier alpha value is -2.29. The number of carbonyl (C=O) groups excluding carboxylic acids is 1. The van der Waals surface area contributed by atoms with Crippen LogP contribution in [0.25, 0.3) is 11.1 Å². The number of rotatable bonds is 1. The molecule has 3 rings (SSSR count). The van der Waals surface area contributed by atoms with Gasteiger partial charge >= 0.3 is 0 Å². The Labute approximate surface area is 105 Å². The van der Waals surface area contributed by atoms with Crippen LogP contribution in [-0.2, 0) is 11.2 Å². The molecule has 18 heavy (non-hydrogen) atoms. The largest absolute Gasteiger partial charge is 0.495 e. The summed E-state index contributed by atoms with van der Waals surface area (Å²) in [7, 11) is 1.61. The summed E-state index contributed by atoms with van der Waals surface area (Å²) in [5.41, 5.74) is 3.90. The van der Waals surface area contributed by atoms with Gasteiger partial charge in [0.05, 0.1) is 19.2 Å². The number of fused-ring (bicyclic) bond motifs is 3. The monoisotopic (exact) mass is 239 g/mol. The van der Waals surface area contributed by atoms with Gasteiger partial charge in [-0.3, -0.25) is 4.79 Å². The van der Waals surface area contributed by atoms with Crippen LogP contribution in [0.15, 0.2) is 42.5 Å². The van der Waals surface area contributed by atoms with Crippen molar-refractivity contribution in [1.29, 1.82) is 0 Å². The highest BCUT2D eigenvalue weighted by Gasteiger charge is 2.20. The van der Waals surface area contributed by atoms with E-state index in [-0.39, 0.29) is 5.91 Å². The molecular weight excluding hydrogens is 226 g/mol. The molecular formula is C15H13NO2. The minimum Gasteiger partial charge on any atom is -0.495 e. The Kier molecular flexibility index (Phi) is 2.52. The average Bonchev–Trinajstić information content (AvgIpc) is 2.53. The summed E-state index contributed by atoms with van der Waals surface area (Å²) in [6.07, 6.45) is 0.397. The molecule has 1 aliphatic rings. The number of ether oxygens (including phenoxy) is 1. The first-order chi connectivity index (χ1) is 8.79. The fourth-order valence-electron chi connectivity index (χ4n) is 2.35. The highest BCUT2D eigenvalue weighted by atomic mass is 16.5. The molecule has 3 nitrogen and oxygen atoms in total. The number of carbonyl (C=O) groups is 1. The van der Waals surface area contributed by atoms with Crippen LogP contribution >= 0.6 is 0 Å². The Morgan fingerprint density at radius 2 is 1.83 bits per heavy atom. The lowest BCUT2D eigenvalue weighted by Crippen LogP contribution is -2.13. The van der Waals surface area contributed by atoms with Crippen molar-refractivity contribution in [3.8, 4) is 16.9 Å². The van der Waals surface area contributed by atoms with Crippen molar-refractivity contribution in [1.82, 2.24) is 0 Å². The fraction of sp³-hybridized carbons (Fsp3) is 0.133. The molecule has 0 unspecified atom stereocenters. The van der Waals surface area contributed by atoms with Crippen LogP contribution < -0.4 is 10.1 Å². The number of methoxy groups -OCH3 is 1. The van der Waals surface area contributed by atoms with E-state index in [1.54, 1.807) is 7.11 Å². The van der Waals surface area contributed by atoms with Gasteiger partial charge in [0.25, 0.3) is 0 Å². The van der Waals surface area contributed by atoms with Crippen molar-refractivity contribution >= 4 is 11.6 Å². The molecule has 0 saturated carbocycles. The van der Waals surface area contributed by atoms with Gasteiger partial charge in [-0.25, -0.2) is 0 Å². The minimum atomic E-state index is -0.00861. The Bertz CT molecular complexity index is 620. The Morgan fingerprint density at radius 3 is 2.67 bits per heavy atom. The molecule has 1 amide bonds. The summed E-state index contributed by atoms with van der Waals surface area (Å²) >= 11 is 0. The summed E-state index contributed by atoms with van der Waals surface area (Å²) in [5, 5.41) is 2.92. The molecule has 0 saturated heterocycles. The molecule has 0 radical (unpaired) electrons. The van der Waals surface area contributed by atoms with Crippen molar-refractivity contribution in [3.63, 3.8) is 0 Å². The summed E-state index contributed by atoms with van der Waals surface area (Å²) in [6, 6.07) is 13.8. The van der Waals surface area contributed by atoms with Crippen molar-refractivity contribution in [2.75, 3.05) is 12.4 Å². The van der Waals surface area contributed by atoms with Gasteiger partial charge in [-0.05, 0) is 17.2 Å². The molecule has 0 atom stereocenters. The first kappa shape index (κ1) is 10.8. The zero-order chi connectivity index (χ0) is 12.5. The molecule has 1 N–H and O–H groups in total. The third kappa shape index (κ3) is 1.64. The summed E-state index contributed by atoms with van der Waals surface area (Å²) in [4.78, 5) is 11.9. The van der Waals surface area contributed by atoms with Gasteiger partial charge < -0.3 is 10.1 Å². The second-order valence-corrected chi connectivity index (χ2v) is 4.26. The normalized spacial score (nSPS) is 13.1. The maximum atomic E-state index is 11.9. The molecule has 0 bridgehead atoms. The number of amides is 1. The predicted octanol–water partition coefficient (Wildman–Crippen LogP) is 2.86. The van der Waals surface area contributed by atoms with Gasteiger partial charge in [0.1, 0.15) is 5.75 Å². The van der Waals surface area contributed by atoms with E-state index in [1.165, 1.54) is 0 Å². The number of nitrogens with one attached hydrogen (secondary N) is 1. The molecule has 90 valence electrons. The van der Waals surface area contributed by atoms with Crippen LogP contribution in [0.1, 0.15) is 5.56 Å². The van der Waals surface area contributed by atoms with E-state index < -0.39 is 0 Å². The maximum Gasteiger partial charge on any atom is 0.228 e. The summed E-state index contributed by atoms with van der Waals surface area (Å²) < 4.78 is 5.32. The van der Waals surface area contributed by atoms with Crippen molar-refractivity contribution in [3.05, 3.63) is 48.0 Å². The second-order valence-electron chi connectivity index (χ2n) is 4.26. The number of para-hydroxylation sites is 1. The zero-order valence-corrected chi connectivity index (χ0v) is 10.1. The standard InChI is InChI=1S/C15H13NO2/c1-18-13-8-4-7-12-11-6-3-2-5-10(11)9-14(17)16-15(12)13/h2-8H,9H2,1H3,(H,16,17). The minimum absolute atomic E-state index is 0.00861. The number of benzene rings is 2. The topological polar surface area (TPSA) is 38.3 Å². The first-order valence-electron chi connectivity index (χ1n) is 5.84. The average molecular weight is 239 g/mol. The summed E-state index contributed by atoms with van der Waals surface area (Å²) in [6.45, 7) is 0. The van der Waals surface area contributed by atoms with Crippen LogP contribution in [0.4, 0.5) is 5.69 Å². The molecule has 0 aromatic heterocycles. The predicted molar refractivity (Wildman–Crippen MR) is 70.8 cm³/mol. The third-order valence-electron chi connectivity index (χ3n) is 3.17. The van der Waals surface area contributed by atoms with E-state index in [1.807, 2.05) is 42.5 Å². The van der Waals surface area contributed by atoms with Gasteiger partial charge in [0, 0.05) is 5.56 Å². The van der Waals surface area contributed by atoms with Crippen molar-refractivity contribution in [2.24, 2.45) is 0 Å². The molecule has 0 spiro atoms. The van der Waals surface area contributed by atoms with Crippen LogP contribution in [0.2, 0.25) is 0 Å². The van der Waals surface area contributed by atoms with Crippen LogP contribution in [-0.4, -0.2) is 13.0 Å².